The van der Waals surface area contributed by atoms with E-state index in [1.807, 2.05) is 36.1 Å². The Labute approximate surface area is 165 Å². The molecule has 3 saturated heterocycles. The molecule has 28 heavy (non-hydrogen) atoms. The fourth-order valence-electron chi connectivity index (χ4n) is 4.47. The summed E-state index contributed by atoms with van der Waals surface area (Å²) in [6.45, 7) is 4.95. The molecule has 7 heteroatoms. The molecule has 150 valence electrons. The highest BCUT2D eigenvalue weighted by Crippen LogP contribution is 2.25. The zero-order valence-corrected chi connectivity index (χ0v) is 16.3. The fraction of sp³-hybridized carbons (Fsp3) is 0.571. The Morgan fingerprint density at radius 2 is 1.71 bits per heavy atom. The van der Waals surface area contributed by atoms with Crippen LogP contribution in [0, 0.1) is 6.92 Å². The first-order valence-electron chi connectivity index (χ1n) is 10.1. The van der Waals surface area contributed by atoms with E-state index in [0.29, 0.717) is 38.3 Å². The van der Waals surface area contributed by atoms with Crippen molar-refractivity contribution in [2.75, 3.05) is 32.8 Å². The van der Waals surface area contributed by atoms with Crippen LogP contribution in [0.3, 0.4) is 0 Å². The first kappa shape index (κ1) is 18.8. The monoisotopic (exact) mass is 385 g/mol. The van der Waals surface area contributed by atoms with Gasteiger partial charge in [0.2, 0.25) is 5.91 Å². The third-order valence-corrected chi connectivity index (χ3v) is 6.11. The summed E-state index contributed by atoms with van der Waals surface area (Å²) in [5, 5.41) is 0. The van der Waals surface area contributed by atoms with Gasteiger partial charge >= 0.3 is 6.09 Å². The van der Waals surface area contributed by atoms with Crippen molar-refractivity contribution in [3.05, 3.63) is 35.4 Å². The van der Waals surface area contributed by atoms with Crippen LogP contribution in [0.25, 0.3) is 0 Å². The summed E-state index contributed by atoms with van der Waals surface area (Å²) in [6, 6.07) is 7.29. The molecule has 0 spiro atoms. The molecule has 0 radical (unpaired) electrons. The first-order valence-corrected chi connectivity index (χ1v) is 10.1. The number of benzene rings is 1. The summed E-state index contributed by atoms with van der Waals surface area (Å²) >= 11 is 0. The van der Waals surface area contributed by atoms with Crippen molar-refractivity contribution >= 4 is 17.9 Å². The molecule has 0 aliphatic carbocycles. The van der Waals surface area contributed by atoms with Crippen LogP contribution in [0.15, 0.2) is 24.3 Å². The molecule has 3 amide bonds. The van der Waals surface area contributed by atoms with Crippen molar-refractivity contribution < 1.29 is 19.1 Å². The standard InChI is InChI=1S/C21H27N3O4/c1-15-4-6-16(7-5-15)19(25)24-10-2-3-18(24)20(26)22-11-8-17(9-12-22)23-13-14-28-21(23)27/h4-7,17-18H,2-3,8-14H2,1H3/t18-/m1/s1. The van der Waals surface area contributed by atoms with Gasteiger partial charge in [0.1, 0.15) is 12.6 Å². The predicted octanol–water partition coefficient (Wildman–Crippen LogP) is 2.04. The second-order valence-corrected chi connectivity index (χ2v) is 7.89. The molecule has 3 fully saturated rings. The highest BCUT2D eigenvalue weighted by Gasteiger charge is 2.39. The van der Waals surface area contributed by atoms with E-state index < -0.39 is 0 Å². The topological polar surface area (TPSA) is 70.2 Å². The molecule has 1 aromatic carbocycles. The number of piperidine rings is 1. The molecule has 1 aromatic rings. The maximum atomic E-state index is 13.1. The Bertz CT molecular complexity index is 755. The van der Waals surface area contributed by atoms with Gasteiger partial charge in [-0.15, -0.1) is 0 Å². The Kier molecular flexibility index (Phi) is 5.24. The van der Waals surface area contributed by atoms with Gasteiger partial charge in [0.15, 0.2) is 0 Å². The number of hydrogen-bond acceptors (Lipinski definition) is 4. The highest BCUT2D eigenvalue weighted by atomic mass is 16.6. The van der Waals surface area contributed by atoms with Crippen LogP contribution in [0.2, 0.25) is 0 Å². The van der Waals surface area contributed by atoms with Crippen molar-refractivity contribution in [1.82, 2.24) is 14.7 Å². The lowest BCUT2D eigenvalue weighted by molar-refractivity contribution is -0.136. The van der Waals surface area contributed by atoms with Crippen molar-refractivity contribution in [3.63, 3.8) is 0 Å². The second kappa shape index (κ2) is 7.81. The lowest BCUT2D eigenvalue weighted by Crippen LogP contribution is -2.52. The van der Waals surface area contributed by atoms with Crippen molar-refractivity contribution in [3.8, 4) is 0 Å². The van der Waals surface area contributed by atoms with Crippen LogP contribution in [-0.4, -0.2) is 77.5 Å². The lowest BCUT2D eigenvalue weighted by atomic mass is 10.0. The second-order valence-electron chi connectivity index (χ2n) is 7.89. The van der Waals surface area contributed by atoms with E-state index in [1.165, 1.54) is 0 Å². The number of hydrogen-bond donors (Lipinski definition) is 0. The number of rotatable bonds is 3. The van der Waals surface area contributed by atoms with E-state index in [1.54, 1.807) is 9.80 Å². The summed E-state index contributed by atoms with van der Waals surface area (Å²) in [7, 11) is 0. The van der Waals surface area contributed by atoms with Crippen molar-refractivity contribution in [1.29, 1.82) is 0 Å². The quantitative estimate of drug-likeness (QED) is 0.798. The predicted molar refractivity (Wildman–Crippen MR) is 103 cm³/mol. The van der Waals surface area contributed by atoms with E-state index in [2.05, 4.69) is 0 Å². The van der Waals surface area contributed by atoms with E-state index in [0.717, 1.165) is 31.2 Å². The number of aryl methyl sites for hydroxylation is 1. The minimum Gasteiger partial charge on any atom is -0.448 e. The molecule has 0 unspecified atom stereocenters. The zero-order valence-electron chi connectivity index (χ0n) is 16.3. The zero-order chi connectivity index (χ0) is 19.7. The van der Waals surface area contributed by atoms with Crippen molar-refractivity contribution in [2.24, 2.45) is 0 Å². The maximum absolute atomic E-state index is 13.1. The highest BCUT2D eigenvalue weighted by molar-refractivity contribution is 5.98. The van der Waals surface area contributed by atoms with Gasteiger partial charge < -0.3 is 19.4 Å². The van der Waals surface area contributed by atoms with Crippen LogP contribution < -0.4 is 0 Å². The van der Waals surface area contributed by atoms with Crippen LogP contribution >= 0.6 is 0 Å². The number of cyclic esters (lactones) is 1. The first-order chi connectivity index (χ1) is 13.5. The van der Waals surface area contributed by atoms with Gasteiger partial charge in [0.25, 0.3) is 5.91 Å². The van der Waals surface area contributed by atoms with Gasteiger partial charge in [-0.2, -0.15) is 0 Å². The van der Waals surface area contributed by atoms with Crippen LogP contribution in [-0.2, 0) is 9.53 Å². The van der Waals surface area contributed by atoms with E-state index in [-0.39, 0.29) is 30.0 Å². The van der Waals surface area contributed by atoms with Crippen LogP contribution in [0.5, 0.6) is 0 Å². The molecule has 4 rings (SSSR count). The Balaban J connectivity index is 1.38. The minimum absolute atomic E-state index is 0.0420. The minimum atomic E-state index is -0.373. The van der Waals surface area contributed by atoms with Gasteiger partial charge in [-0.25, -0.2) is 4.79 Å². The summed E-state index contributed by atoms with van der Waals surface area (Å²) in [6.07, 6.45) is 2.85. The van der Waals surface area contributed by atoms with Gasteiger partial charge in [0, 0.05) is 31.2 Å². The van der Waals surface area contributed by atoms with E-state index in [9.17, 15) is 14.4 Å². The Hall–Kier alpha value is -2.57. The molecule has 0 saturated carbocycles. The van der Waals surface area contributed by atoms with Crippen LogP contribution in [0.4, 0.5) is 4.79 Å². The summed E-state index contributed by atoms with van der Waals surface area (Å²) in [4.78, 5) is 43.2. The van der Waals surface area contributed by atoms with Gasteiger partial charge in [-0.05, 0) is 44.7 Å². The summed E-state index contributed by atoms with van der Waals surface area (Å²) in [5.41, 5.74) is 1.74. The van der Waals surface area contributed by atoms with Gasteiger partial charge in [0.05, 0.1) is 6.54 Å². The Morgan fingerprint density at radius 1 is 1.00 bits per heavy atom. The fourth-order valence-corrected chi connectivity index (χ4v) is 4.47. The molecular weight excluding hydrogens is 358 g/mol. The Morgan fingerprint density at radius 3 is 2.36 bits per heavy atom. The van der Waals surface area contributed by atoms with Gasteiger partial charge in [-0.3, -0.25) is 9.59 Å². The number of nitrogens with zero attached hydrogens (tertiary/aromatic N) is 3. The number of likely N-dealkylation sites (tertiary alicyclic amines) is 2. The average molecular weight is 385 g/mol. The molecule has 0 aromatic heterocycles. The summed E-state index contributed by atoms with van der Waals surface area (Å²) in [5.74, 6) is -0.0223. The molecule has 7 nitrogen and oxygen atoms in total. The average Bonchev–Trinajstić information content (AvgIpc) is 3.37. The molecular formula is C21H27N3O4. The maximum Gasteiger partial charge on any atom is 0.410 e. The normalized spacial score (nSPS) is 23.2. The molecule has 0 N–H and O–H groups in total. The largest absolute Gasteiger partial charge is 0.448 e. The molecule has 3 heterocycles. The number of ether oxygens (including phenoxy) is 1. The third-order valence-electron chi connectivity index (χ3n) is 6.11. The molecule has 3 aliphatic rings. The number of carbonyl (C=O) groups excluding carboxylic acids is 3. The van der Waals surface area contributed by atoms with Crippen LogP contribution in [0.1, 0.15) is 41.6 Å². The lowest BCUT2D eigenvalue weighted by Gasteiger charge is -2.37. The van der Waals surface area contributed by atoms with Gasteiger partial charge in [-0.1, -0.05) is 17.7 Å². The smallest absolute Gasteiger partial charge is 0.410 e. The van der Waals surface area contributed by atoms with Crippen molar-refractivity contribution in [2.45, 2.75) is 44.7 Å². The number of carbonyl (C=O) groups is 3. The SMILES string of the molecule is Cc1ccc(C(=O)N2CCC[C@@H]2C(=O)N2CCC(N3CCOC3=O)CC2)cc1. The third kappa shape index (κ3) is 3.57. The number of amides is 3. The summed E-state index contributed by atoms with van der Waals surface area (Å²) < 4.78 is 5.03. The molecule has 3 aliphatic heterocycles. The van der Waals surface area contributed by atoms with E-state index >= 15 is 0 Å². The molecule has 0 bridgehead atoms. The molecule has 1 atom stereocenters. The van der Waals surface area contributed by atoms with E-state index in [4.69, 9.17) is 4.74 Å².